The van der Waals surface area contributed by atoms with E-state index in [1.54, 1.807) is 22.7 Å². The van der Waals surface area contributed by atoms with Crippen LogP contribution >= 0.6 is 0 Å². The number of carbonyl (C=O) groups excluding carboxylic acids is 1. The third-order valence-corrected chi connectivity index (χ3v) is 4.90. The summed E-state index contributed by atoms with van der Waals surface area (Å²) in [6.07, 6.45) is 3.48. The Balaban J connectivity index is 1.59. The molecule has 1 aromatic carbocycles. The maximum absolute atomic E-state index is 14.7. The lowest BCUT2D eigenvalue weighted by molar-refractivity contribution is 0.102. The second-order valence-electron chi connectivity index (χ2n) is 6.99. The van der Waals surface area contributed by atoms with Gasteiger partial charge in [0.05, 0.1) is 23.6 Å². The highest BCUT2D eigenvalue weighted by Crippen LogP contribution is 2.26. The van der Waals surface area contributed by atoms with Crippen molar-refractivity contribution in [2.45, 2.75) is 13.8 Å². The molecule has 1 aliphatic heterocycles. The SMILES string of the molecule is CCOc1cc2nc(C)cn2cc1C(=O)Nc1ccc(N2CCNCC2)cc1F. The molecular weight excluding hydrogens is 373 g/mol. The molecule has 0 aliphatic carbocycles. The van der Waals surface area contributed by atoms with Crippen molar-refractivity contribution in [2.24, 2.45) is 0 Å². The van der Waals surface area contributed by atoms with Crippen molar-refractivity contribution in [2.75, 3.05) is 43.0 Å². The van der Waals surface area contributed by atoms with E-state index < -0.39 is 11.7 Å². The van der Waals surface area contributed by atoms with Crippen LogP contribution in [0.15, 0.2) is 36.7 Å². The summed E-state index contributed by atoms with van der Waals surface area (Å²) in [6, 6.07) is 6.61. The highest BCUT2D eigenvalue weighted by Gasteiger charge is 2.18. The van der Waals surface area contributed by atoms with Gasteiger partial charge < -0.3 is 24.7 Å². The number of rotatable bonds is 5. The molecular formula is C21H24FN5O2. The highest BCUT2D eigenvalue weighted by atomic mass is 19.1. The van der Waals surface area contributed by atoms with E-state index in [0.717, 1.165) is 37.6 Å². The number of hydrogen-bond donors (Lipinski definition) is 2. The summed E-state index contributed by atoms with van der Waals surface area (Å²) in [6.45, 7) is 7.52. The fourth-order valence-electron chi connectivity index (χ4n) is 3.50. The number of ether oxygens (including phenoxy) is 1. The zero-order chi connectivity index (χ0) is 20.4. The van der Waals surface area contributed by atoms with Crippen molar-refractivity contribution in [1.29, 1.82) is 0 Å². The maximum Gasteiger partial charge on any atom is 0.261 e. The van der Waals surface area contributed by atoms with Crippen molar-refractivity contribution >= 4 is 22.9 Å². The van der Waals surface area contributed by atoms with Crippen LogP contribution in [0.1, 0.15) is 23.0 Å². The van der Waals surface area contributed by atoms with Gasteiger partial charge in [-0.3, -0.25) is 4.79 Å². The minimum atomic E-state index is -0.466. The molecule has 0 radical (unpaired) electrons. The van der Waals surface area contributed by atoms with Gasteiger partial charge in [-0.2, -0.15) is 0 Å². The molecule has 0 unspecified atom stereocenters. The van der Waals surface area contributed by atoms with E-state index in [9.17, 15) is 9.18 Å². The van der Waals surface area contributed by atoms with Crippen LogP contribution in [0.25, 0.3) is 5.65 Å². The van der Waals surface area contributed by atoms with Crippen LogP contribution < -0.4 is 20.3 Å². The van der Waals surface area contributed by atoms with Gasteiger partial charge in [0.1, 0.15) is 17.2 Å². The number of aromatic nitrogens is 2. The van der Waals surface area contributed by atoms with E-state index in [0.29, 0.717) is 23.6 Å². The van der Waals surface area contributed by atoms with E-state index in [2.05, 4.69) is 20.5 Å². The minimum absolute atomic E-state index is 0.137. The van der Waals surface area contributed by atoms with E-state index in [1.165, 1.54) is 6.07 Å². The van der Waals surface area contributed by atoms with E-state index in [4.69, 9.17) is 4.74 Å². The number of hydrogen-bond acceptors (Lipinski definition) is 5. The van der Waals surface area contributed by atoms with Crippen molar-refractivity contribution < 1.29 is 13.9 Å². The van der Waals surface area contributed by atoms with Gasteiger partial charge in [0, 0.05) is 50.3 Å². The number of nitrogens with zero attached hydrogens (tertiary/aromatic N) is 3. The first-order valence-electron chi connectivity index (χ1n) is 9.74. The smallest absolute Gasteiger partial charge is 0.261 e. The Labute approximate surface area is 168 Å². The molecule has 1 amide bonds. The number of nitrogens with one attached hydrogen (secondary N) is 2. The average molecular weight is 397 g/mol. The molecule has 0 saturated carbocycles. The lowest BCUT2D eigenvalue weighted by atomic mass is 10.2. The summed E-state index contributed by atoms with van der Waals surface area (Å²) < 4.78 is 22.1. The van der Waals surface area contributed by atoms with Gasteiger partial charge in [0.15, 0.2) is 0 Å². The van der Waals surface area contributed by atoms with E-state index >= 15 is 0 Å². The largest absolute Gasteiger partial charge is 0.493 e. The van der Waals surface area contributed by atoms with Gasteiger partial charge in [-0.05, 0) is 32.0 Å². The van der Waals surface area contributed by atoms with Gasteiger partial charge in [-0.1, -0.05) is 0 Å². The predicted octanol–water partition coefficient (Wildman–Crippen LogP) is 2.84. The Morgan fingerprint density at radius 1 is 1.28 bits per heavy atom. The fourth-order valence-corrected chi connectivity index (χ4v) is 3.50. The van der Waals surface area contributed by atoms with Crippen molar-refractivity contribution in [1.82, 2.24) is 14.7 Å². The molecule has 4 rings (SSSR count). The molecule has 1 aliphatic rings. The van der Waals surface area contributed by atoms with E-state index in [-0.39, 0.29) is 5.69 Å². The van der Waals surface area contributed by atoms with Crippen LogP contribution in [-0.2, 0) is 0 Å². The molecule has 2 aromatic heterocycles. The number of amides is 1. The number of piperazine rings is 1. The number of aryl methyl sites for hydroxylation is 1. The lowest BCUT2D eigenvalue weighted by Crippen LogP contribution is -2.43. The normalized spacial score (nSPS) is 14.2. The molecule has 0 spiro atoms. The van der Waals surface area contributed by atoms with E-state index in [1.807, 2.05) is 26.1 Å². The van der Waals surface area contributed by atoms with Gasteiger partial charge in [0.25, 0.3) is 5.91 Å². The first-order valence-corrected chi connectivity index (χ1v) is 9.74. The Bertz CT molecular complexity index is 1040. The van der Waals surface area contributed by atoms with Crippen LogP contribution in [0.3, 0.4) is 0 Å². The van der Waals surface area contributed by atoms with Crippen LogP contribution in [0.5, 0.6) is 5.75 Å². The molecule has 29 heavy (non-hydrogen) atoms. The first kappa shape index (κ1) is 19.2. The third-order valence-electron chi connectivity index (χ3n) is 4.90. The molecule has 0 atom stereocenters. The number of pyridine rings is 1. The first-order chi connectivity index (χ1) is 14.0. The average Bonchev–Trinajstić information content (AvgIpc) is 3.08. The molecule has 1 fully saturated rings. The van der Waals surface area contributed by atoms with Gasteiger partial charge >= 0.3 is 0 Å². The molecule has 3 aromatic rings. The molecule has 2 N–H and O–H groups in total. The third kappa shape index (κ3) is 4.02. The van der Waals surface area contributed by atoms with Crippen LogP contribution in [-0.4, -0.2) is 48.1 Å². The molecule has 8 heteroatoms. The number of carbonyl (C=O) groups is 1. The van der Waals surface area contributed by atoms with Gasteiger partial charge in [-0.15, -0.1) is 0 Å². The molecule has 0 bridgehead atoms. The summed E-state index contributed by atoms with van der Waals surface area (Å²) in [4.78, 5) is 19.4. The Morgan fingerprint density at radius 3 is 2.79 bits per heavy atom. The fraction of sp³-hybridized carbons (Fsp3) is 0.333. The topological polar surface area (TPSA) is 70.9 Å². The zero-order valence-corrected chi connectivity index (χ0v) is 16.5. The van der Waals surface area contributed by atoms with Gasteiger partial charge in [-0.25, -0.2) is 9.37 Å². The lowest BCUT2D eigenvalue weighted by Gasteiger charge is -2.29. The minimum Gasteiger partial charge on any atom is -0.493 e. The van der Waals surface area contributed by atoms with Crippen LogP contribution in [0.4, 0.5) is 15.8 Å². The summed E-state index contributed by atoms with van der Waals surface area (Å²) >= 11 is 0. The van der Waals surface area contributed by atoms with Crippen molar-refractivity contribution in [3.05, 3.63) is 53.7 Å². The van der Waals surface area contributed by atoms with Crippen molar-refractivity contribution in [3.63, 3.8) is 0 Å². The summed E-state index contributed by atoms with van der Waals surface area (Å²) in [5.74, 6) is -0.483. The Kier molecular flexibility index (Phi) is 5.35. The van der Waals surface area contributed by atoms with Gasteiger partial charge in [0.2, 0.25) is 0 Å². The molecule has 1 saturated heterocycles. The van der Waals surface area contributed by atoms with Crippen molar-refractivity contribution in [3.8, 4) is 5.75 Å². The monoisotopic (exact) mass is 397 g/mol. The number of halogens is 1. The maximum atomic E-state index is 14.7. The molecule has 7 nitrogen and oxygen atoms in total. The van der Waals surface area contributed by atoms with Crippen LogP contribution in [0.2, 0.25) is 0 Å². The number of anilines is 2. The highest BCUT2D eigenvalue weighted by molar-refractivity contribution is 6.06. The second kappa shape index (κ2) is 8.08. The summed E-state index contributed by atoms with van der Waals surface area (Å²) in [5.41, 5.74) is 2.79. The molecule has 3 heterocycles. The zero-order valence-electron chi connectivity index (χ0n) is 16.5. The summed E-state index contributed by atoms with van der Waals surface area (Å²) in [5, 5.41) is 5.94. The number of fused-ring (bicyclic) bond motifs is 1. The quantitative estimate of drug-likeness (QED) is 0.693. The second-order valence-corrected chi connectivity index (χ2v) is 6.99. The summed E-state index contributed by atoms with van der Waals surface area (Å²) in [7, 11) is 0. The Hall–Kier alpha value is -3.13. The number of benzene rings is 1. The standard InChI is InChI=1S/C21H24FN5O2/c1-3-29-19-11-20-24-14(2)12-27(20)13-16(19)21(28)25-18-5-4-15(10-17(18)22)26-8-6-23-7-9-26/h4-5,10-13,23H,3,6-9H2,1-2H3,(H,25,28). The molecule has 152 valence electrons. The predicted molar refractivity (Wildman–Crippen MR) is 111 cm³/mol. The van der Waals surface area contributed by atoms with Crippen LogP contribution in [0, 0.1) is 12.7 Å². The number of imidazole rings is 1. The Morgan fingerprint density at radius 2 is 2.07 bits per heavy atom.